The number of morpholine rings is 1. The van der Waals surface area contributed by atoms with Crippen molar-refractivity contribution in [2.75, 3.05) is 37.8 Å². The Labute approximate surface area is 217 Å². The average molecular weight is 524 g/mol. The lowest BCUT2D eigenvalue weighted by Crippen LogP contribution is -2.39. The van der Waals surface area contributed by atoms with Gasteiger partial charge in [0.15, 0.2) is 4.80 Å². The fraction of sp³-hybridized carbons (Fsp3) is 0.296. The molecule has 0 saturated carbocycles. The highest BCUT2D eigenvalue weighted by Crippen LogP contribution is 2.31. The molecule has 2 aliphatic heterocycles. The van der Waals surface area contributed by atoms with Gasteiger partial charge in [0.2, 0.25) is 0 Å². The first-order valence-electron chi connectivity index (χ1n) is 11.8. The Bertz CT molecular complexity index is 1480. The van der Waals surface area contributed by atoms with E-state index in [2.05, 4.69) is 22.0 Å². The molecule has 1 atom stereocenters. The number of allylic oxidation sites excluding steroid dienone is 1. The summed E-state index contributed by atoms with van der Waals surface area (Å²) in [5.41, 5.74) is 3.50. The van der Waals surface area contributed by atoms with E-state index in [1.165, 1.54) is 11.3 Å². The van der Waals surface area contributed by atoms with Gasteiger partial charge in [0.05, 0.1) is 41.7 Å². The topological polar surface area (TPSA) is 73.1 Å². The number of carbonyl (C=O) groups excluding carboxylic acids is 1. The number of thiazole rings is 1. The Morgan fingerprint density at radius 2 is 1.86 bits per heavy atom. The summed E-state index contributed by atoms with van der Waals surface area (Å²) < 4.78 is 12.9. The Hall–Kier alpha value is -3.20. The van der Waals surface area contributed by atoms with Crippen molar-refractivity contribution in [1.82, 2.24) is 4.57 Å². The first-order chi connectivity index (χ1) is 17.5. The van der Waals surface area contributed by atoms with Gasteiger partial charge in [-0.25, -0.2) is 9.79 Å². The average Bonchev–Trinajstić information content (AvgIpc) is 3.19. The van der Waals surface area contributed by atoms with Crippen LogP contribution in [0.4, 0.5) is 5.69 Å². The molecule has 36 heavy (non-hydrogen) atoms. The van der Waals surface area contributed by atoms with Crippen molar-refractivity contribution < 1.29 is 14.3 Å². The second-order valence-corrected chi connectivity index (χ2v) is 9.99. The van der Waals surface area contributed by atoms with Crippen molar-refractivity contribution in [3.63, 3.8) is 0 Å². The molecule has 0 aliphatic carbocycles. The van der Waals surface area contributed by atoms with E-state index in [-0.39, 0.29) is 12.2 Å². The molecule has 9 heteroatoms. The molecule has 186 valence electrons. The van der Waals surface area contributed by atoms with Crippen LogP contribution in [-0.4, -0.2) is 43.4 Å². The molecule has 0 unspecified atom stereocenters. The van der Waals surface area contributed by atoms with E-state index in [0.29, 0.717) is 25.6 Å². The molecule has 0 radical (unpaired) electrons. The third-order valence-electron chi connectivity index (χ3n) is 6.27. The maximum atomic E-state index is 13.7. The van der Waals surface area contributed by atoms with E-state index >= 15 is 0 Å². The van der Waals surface area contributed by atoms with Crippen LogP contribution >= 0.6 is 22.9 Å². The molecule has 1 aromatic heterocycles. The fourth-order valence-corrected chi connectivity index (χ4v) is 5.68. The predicted molar refractivity (Wildman–Crippen MR) is 141 cm³/mol. The number of carbonyl (C=O) groups is 1. The number of aromatic nitrogens is 1. The quantitative estimate of drug-likeness (QED) is 0.480. The van der Waals surface area contributed by atoms with E-state index in [4.69, 9.17) is 21.1 Å². The van der Waals surface area contributed by atoms with Crippen LogP contribution in [0.25, 0.3) is 6.08 Å². The van der Waals surface area contributed by atoms with Crippen LogP contribution in [0, 0.1) is 0 Å². The van der Waals surface area contributed by atoms with E-state index < -0.39 is 12.0 Å². The number of hydrogen-bond donors (Lipinski definition) is 0. The van der Waals surface area contributed by atoms with Gasteiger partial charge in [0, 0.05) is 23.8 Å². The minimum absolute atomic E-state index is 0.203. The number of ether oxygens (including phenoxy) is 2. The van der Waals surface area contributed by atoms with Crippen LogP contribution in [0.3, 0.4) is 0 Å². The summed E-state index contributed by atoms with van der Waals surface area (Å²) >= 11 is 7.42. The molecule has 3 heterocycles. The lowest BCUT2D eigenvalue weighted by Gasteiger charge is -2.28. The zero-order valence-electron chi connectivity index (χ0n) is 20.1. The normalized spacial score (nSPS) is 18.1. The van der Waals surface area contributed by atoms with Crippen LogP contribution in [-0.2, 0) is 14.3 Å². The molecule has 0 amide bonds. The SMILES string of the molecule is CCOC(=O)C1=C(C)N=c2s/c(=C/c3ccc(N4CCOCC4)cc3)c(=O)n2[C@H]1c1ccc(Cl)cc1. The molecule has 0 N–H and O–H groups in total. The first-order valence-corrected chi connectivity index (χ1v) is 13.0. The van der Waals surface area contributed by atoms with Gasteiger partial charge in [0.1, 0.15) is 0 Å². The molecule has 0 bridgehead atoms. The van der Waals surface area contributed by atoms with Gasteiger partial charge in [-0.15, -0.1) is 0 Å². The summed E-state index contributed by atoms with van der Waals surface area (Å²) in [6.45, 7) is 6.94. The Morgan fingerprint density at radius 3 is 2.53 bits per heavy atom. The molecule has 1 fully saturated rings. The molecule has 2 aromatic carbocycles. The molecule has 5 rings (SSSR count). The largest absolute Gasteiger partial charge is 0.463 e. The van der Waals surface area contributed by atoms with Gasteiger partial charge in [0.25, 0.3) is 5.56 Å². The monoisotopic (exact) mass is 523 g/mol. The van der Waals surface area contributed by atoms with Gasteiger partial charge in [-0.2, -0.15) is 0 Å². The minimum Gasteiger partial charge on any atom is -0.463 e. The molecular formula is C27H26ClN3O4S. The maximum Gasteiger partial charge on any atom is 0.338 e. The third-order valence-corrected chi connectivity index (χ3v) is 7.50. The molecule has 7 nitrogen and oxygen atoms in total. The Kier molecular flexibility index (Phi) is 7.09. The van der Waals surface area contributed by atoms with Crippen LogP contribution in [0.15, 0.2) is 69.6 Å². The highest BCUT2D eigenvalue weighted by molar-refractivity contribution is 7.07. The fourth-order valence-electron chi connectivity index (χ4n) is 4.51. The number of rotatable bonds is 5. The van der Waals surface area contributed by atoms with Crippen molar-refractivity contribution in [1.29, 1.82) is 0 Å². The van der Waals surface area contributed by atoms with E-state index in [1.54, 1.807) is 30.5 Å². The lowest BCUT2D eigenvalue weighted by molar-refractivity contribution is -0.139. The van der Waals surface area contributed by atoms with Gasteiger partial charge < -0.3 is 14.4 Å². The number of hydrogen-bond acceptors (Lipinski definition) is 7. The summed E-state index contributed by atoms with van der Waals surface area (Å²) in [6.07, 6.45) is 1.87. The van der Waals surface area contributed by atoms with Gasteiger partial charge in [-0.3, -0.25) is 9.36 Å². The number of esters is 1. The highest BCUT2D eigenvalue weighted by Gasteiger charge is 2.33. The minimum atomic E-state index is -0.650. The molecule has 1 saturated heterocycles. The van der Waals surface area contributed by atoms with Crippen molar-refractivity contribution in [3.8, 4) is 0 Å². The smallest absolute Gasteiger partial charge is 0.338 e. The van der Waals surface area contributed by atoms with Crippen LogP contribution in [0.5, 0.6) is 0 Å². The summed E-state index contributed by atoms with van der Waals surface area (Å²) in [4.78, 5) is 34.1. The number of benzene rings is 2. The molecule has 2 aliphatic rings. The number of anilines is 1. The zero-order valence-corrected chi connectivity index (χ0v) is 21.6. The molecule has 3 aromatic rings. The van der Waals surface area contributed by atoms with Gasteiger partial charge in [-0.1, -0.05) is 47.2 Å². The highest BCUT2D eigenvalue weighted by atomic mass is 35.5. The van der Waals surface area contributed by atoms with E-state index in [0.717, 1.165) is 43.1 Å². The molecular weight excluding hydrogens is 498 g/mol. The van der Waals surface area contributed by atoms with Crippen molar-refractivity contribution in [3.05, 3.63) is 95.6 Å². The lowest BCUT2D eigenvalue weighted by atomic mass is 9.96. The second-order valence-electron chi connectivity index (χ2n) is 8.54. The maximum absolute atomic E-state index is 13.7. The van der Waals surface area contributed by atoms with Crippen molar-refractivity contribution >= 4 is 40.7 Å². The van der Waals surface area contributed by atoms with Crippen molar-refractivity contribution in [2.24, 2.45) is 4.99 Å². The summed E-state index contributed by atoms with van der Waals surface area (Å²) in [5, 5.41) is 0.574. The van der Waals surface area contributed by atoms with Crippen LogP contribution in [0.2, 0.25) is 5.02 Å². The Balaban J connectivity index is 1.58. The first kappa shape index (κ1) is 24.5. The van der Waals surface area contributed by atoms with Crippen LogP contribution < -0.4 is 19.8 Å². The summed E-state index contributed by atoms with van der Waals surface area (Å²) in [7, 11) is 0. The second kappa shape index (κ2) is 10.4. The zero-order chi connectivity index (χ0) is 25.2. The third kappa shape index (κ3) is 4.76. The van der Waals surface area contributed by atoms with Gasteiger partial charge >= 0.3 is 5.97 Å². The number of halogens is 1. The summed E-state index contributed by atoms with van der Waals surface area (Å²) in [5.74, 6) is -0.480. The van der Waals surface area contributed by atoms with Crippen molar-refractivity contribution in [2.45, 2.75) is 19.9 Å². The standard InChI is InChI=1S/C27H26ClN3O4S/c1-3-35-26(33)23-17(2)29-27-31(24(23)19-6-8-20(28)9-7-19)25(32)22(36-27)16-18-4-10-21(11-5-18)30-12-14-34-15-13-30/h4-11,16,24H,3,12-15H2,1-2H3/b22-16+/t24-/m0/s1. The predicted octanol–water partition coefficient (Wildman–Crippen LogP) is 3.29. The number of fused-ring (bicyclic) bond motifs is 1. The summed E-state index contributed by atoms with van der Waals surface area (Å²) in [6, 6.07) is 14.6. The van der Waals surface area contributed by atoms with E-state index in [1.807, 2.05) is 30.3 Å². The van der Waals surface area contributed by atoms with E-state index in [9.17, 15) is 9.59 Å². The van der Waals surface area contributed by atoms with Gasteiger partial charge in [-0.05, 0) is 55.3 Å². The molecule has 0 spiro atoms. The van der Waals surface area contributed by atoms with Crippen LogP contribution in [0.1, 0.15) is 31.0 Å². The number of nitrogens with zero attached hydrogens (tertiary/aromatic N) is 3. The Morgan fingerprint density at radius 1 is 1.17 bits per heavy atom.